The maximum absolute atomic E-state index is 14.0. The standard InChI is InChI=1S/C14H20FN/c1-13(2,3)14(9-6-10-16-14)11-7-4-5-8-12(11)15/h4-5,7-8,16H,6,9-10H2,1-3H3. The smallest absolute Gasteiger partial charge is 0.128 e. The van der Waals surface area contributed by atoms with Crippen molar-refractivity contribution in [1.82, 2.24) is 5.32 Å². The van der Waals surface area contributed by atoms with Gasteiger partial charge in [0.1, 0.15) is 5.82 Å². The summed E-state index contributed by atoms with van der Waals surface area (Å²) in [5, 5.41) is 3.53. The van der Waals surface area contributed by atoms with Crippen LogP contribution in [-0.2, 0) is 5.54 Å². The molecule has 1 nitrogen and oxygen atoms in total. The van der Waals surface area contributed by atoms with Crippen LogP contribution in [-0.4, -0.2) is 6.54 Å². The minimum absolute atomic E-state index is 0.0195. The van der Waals surface area contributed by atoms with E-state index in [4.69, 9.17) is 0 Å². The predicted molar refractivity (Wildman–Crippen MR) is 64.8 cm³/mol. The summed E-state index contributed by atoms with van der Waals surface area (Å²) in [7, 11) is 0. The van der Waals surface area contributed by atoms with Gasteiger partial charge in [0.2, 0.25) is 0 Å². The quantitative estimate of drug-likeness (QED) is 0.766. The highest BCUT2D eigenvalue weighted by molar-refractivity contribution is 5.30. The molecular formula is C14H20FN. The van der Waals surface area contributed by atoms with Crippen LogP contribution in [0.15, 0.2) is 24.3 Å². The summed E-state index contributed by atoms with van der Waals surface area (Å²) in [4.78, 5) is 0. The van der Waals surface area contributed by atoms with E-state index in [0.717, 1.165) is 24.9 Å². The molecule has 1 aliphatic heterocycles. The molecule has 1 aromatic rings. The zero-order valence-electron chi connectivity index (χ0n) is 10.3. The molecule has 1 fully saturated rings. The van der Waals surface area contributed by atoms with E-state index in [2.05, 4.69) is 26.1 Å². The van der Waals surface area contributed by atoms with E-state index < -0.39 is 0 Å². The molecular weight excluding hydrogens is 201 g/mol. The van der Waals surface area contributed by atoms with Crippen LogP contribution in [0.5, 0.6) is 0 Å². The van der Waals surface area contributed by atoms with Gasteiger partial charge < -0.3 is 5.32 Å². The molecule has 16 heavy (non-hydrogen) atoms. The third-order valence-corrected chi connectivity index (χ3v) is 3.77. The maximum atomic E-state index is 14.0. The van der Waals surface area contributed by atoms with Crippen molar-refractivity contribution in [2.75, 3.05) is 6.54 Å². The Labute approximate surface area is 97.1 Å². The van der Waals surface area contributed by atoms with Gasteiger partial charge >= 0.3 is 0 Å². The van der Waals surface area contributed by atoms with Crippen molar-refractivity contribution in [1.29, 1.82) is 0 Å². The highest BCUT2D eigenvalue weighted by Crippen LogP contribution is 2.46. The minimum atomic E-state index is -0.210. The van der Waals surface area contributed by atoms with E-state index in [0.29, 0.717) is 0 Å². The fourth-order valence-corrected chi connectivity index (χ4v) is 2.83. The lowest BCUT2D eigenvalue weighted by atomic mass is 9.68. The van der Waals surface area contributed by atoms with Crippen molar-refractivity contribution in [3.8, 4) is 0 Å². The number of benzene rings is 1. The number of rotatable bonds is 1. The summed E-state index contributed by atoms with van der Waals surface area (Å²) in [6.45, 7) is 7.51. The van der Waals surface area contributed by atoms with Crippen molar-refractivity contribution >= 4 is 0 Å². The molecule has 0 radical (unpaired) electrons. The number of hydrogen-bond donors (Lipinski definition) is 1. The van der Waals surface area contributed by atoms with E-state index in [9.17, 15) is 4.39 Å². The van der Waals surface area contributed by atoms with Crippen LogP contribution in [0.25, 0.3) is 0 Å². The molecule has 0 bridgehead atoms. The second-order valence-corrected chi connectivity index (χ2v) is 5.67. The molecule has 1 unspecified atom stereocenters. The highest BCUT2D eigenvalue weighted by atomic mass is 19.1. The Morgan fingerprint density at radius 1 is 1.25 bits per heavy atom. The fraction of sp³-hybridized carbons (Fsp3) is 0.571. The van der Waals surface area contributed by atoms with Crippen LogP contribution in [0.1, 0.15) is 39.2 Å². The monoisotopic (exact) mass is 221 g/mol. The first-order valence-electron chi connectivity index (χ1n) is 5.97. The molecule has 0 spiro atoms. The van der Waals surface area contributed by atoms with E-state index in [-0.39, 0.29) is 16.8 Å². The van der Waals surface area contributed by atoms with Gasteiger partial charge in [-0.3, -0.25) is 0 Å². The van der Waals surface area contributed by atoms with Gasteiger partial charge in [-0.1, -0.05) is 39.0 Å². The summed E-state index contributed by atoms with van der Waals surface area (Å²) in [6.07, 6.45) is 2.13. The molecule has 2 rings (SSSR count). The number of hydrogen-bond acceptors (Lipinski definition) is 1. The van der Waals surface area contributed by atoms with Crippen molar-refractivity contribution < 1.29 is 4.39 Å². The van der Waals surface area contributed by atoms with Crippen molar-refractivity contribution in [2.24, 2.45) is 5.41 Å². The van der Waals surface area contributed by atoms with E-state index in [1.807, 2.05) is 12.1 Å². The molecule has 1 aliphatic rings. The summed E-state index contributed by atoms with van der Waals surface area (Å²) < 4.78 is 14.0. The first-order valence-corrected chi connectivity index (χ1v) is 5.97. The summed E-state index contributed by atoms with van der Waals surface area (Å²) in [5.41, 5.74) is 0.629. The molecule has 0 aliphatic carbocycles. The average molecular weight is 221 g/mol. The molecule has 2 heteroatoms. The molecule has 1 heterocycles. The van der Waals surface area contributed by atoms with E-state index in [1.54, 1.807) is 12.1 Å². The second kappa shape index (κ2) is 3.85. The van der Waals surface area contributed by atoms with Gasteiger partial charge in [0.15, 0.2) is 0 Å². The molecule has 1 atom stereocenters. The van der Waals surface area contributed by atoms with Gasteiger partial charge in [-0.05, 0) is 30.9 Å². The zero-order chi connectivity index (χ0) is 11.8. The summed E-state index contributed by atoms with van der Waals surface area (Å²) in [6, 6.07) is 7.15. The van der Waals surface area contributed by atoms with Crippen LogP contribution in [0.3, 0.4) is 0 Å². The summed E-state index contributed by atoms with van der Waals surface area (Å²) in [5.74, 6) is -0.0909. The molecule has 0 aromatic heterocycles. The number of nitrogens with one attached hydrogen (secondary N) is 1. The predicted octanol–water partition coefficient (Wildman–Crippen LogP) is 3.45. The topological polar surface area (TPSA) is 12.0 Å². The van der Waals surface area contributed by atoms with E-state index in [1.165, 1.54) is 0 Å². The second-order valence-electron chi connectivity index (χ2n) is 5.67. The van der Waals surface area contributed by atoms with Crippen LogP contribution in [0, 0.1) is 11.2 Å². The Morgan fingerprint density at radius 3 is 2.44 bits per heavy atom. The molecule has 88 valence electrons. The first kappa shape index (κ1) is 11.6. The van der Waals surface area contributed by atoms with Crippen molar-refractivity contribution in [3.05, 3.63) is 35.6 Å². The number of halogens is 1. The lowest BCUT2D eigenvalue weighted by molar-refractivity contribution is 0.155. The first-order chi connectivity index (χ1) is 7.47. The fourth-order valence-electron chi connectivity index (χ4n) is 2.83. The minimum Gasteiger partial charge on any atom is -0.307 e. The Morgan fingerprint density at radius 2 is 1.94 bits per heavy atom. The Kier molecular flexibility index (Phi) is 2.79. The lowest BCUT2D eigenvalue weighted by Gasteiger charge is -2.43. The SMILES string of the molecule is CC(C)(C)C1(c2ccccc2F)CCCN1. The van der Waals surface area contributed by atoms with Crippen molar-refractivity contribution in [3.63, 3.8) is 0 Å². The van der Waals surface area contributed by atoms with Crippen LogP contribution in [0.2, 0.25) is 0 Å². The van der Waals surface area contributed by atoms with Gasteiger partial charge in [-0.2, -0.15) is 0 Å². The van der Waals surface area contributed by atoms with Gasteiger partial charge in [0.25, 0.3) is 0 Å². The molecule has 1 N–H and O–H groups in total. The molecule has 0 saturated carbocycles. The Hall–Kier alpha value is -0.890. The highest BCUT2D eigenvalue weighted by Gasteiger charge is 2.46. The molecule has 1 saturated heterocycles. The van der Waals surface area contributed by atoms with Crippen LogP contribution in [0.4, 0.5) is 4.39 Å². The van der Waals surface area contributed by atoms with Crippen LogP contribution < -0.4 is 5.32 Å². The van der Waals surface area contributed by atoms with Gasteiger partial charge in [-0.25, -0.2) is 4.39 Å². The largest absolute Gasteiger partial charge is 0.307 e. The summed E-state index contributed by atoms with van der Waals surface area (Å²) >= 11 is 0. The van der Waals surface area contributed by atoms with Gasteiger partial charge in [0.05, 0.1) is 5.54 Å². The van der Waals surface area contributed by atoms with Gasteiger partial charge in [-0.15, -0.1) is 0 Å². The third-order valence-electron chi connectivity index (χ3n) is 3.77. The molecule has 0 amide bonds. The molecule has 1 aromatic carbocycles. The van der Waals surface area contributed by atoms with Crippen LogP contribution >= 0.6 is 0 Å². The van der Waals surface area contributed by atoms with Crippen molar-refractivity contribution in [2.45, 2.75) is 39.2 Å². The normalized spacial score (nSPS) is 26.0. The third kappa shape index (κ3) is 1.65. The maximum Gasteiger partial charge on any atom is 0.128 e. The zero-order valence-corrected chi connectivity index (χ0v) is 10.3. The van der Waals surface area contributed by atoms with E-state index >= 15 is 0 Å². The van der Waals surface area contributed by atoms with Gasteiger partial charge in [0, 0.05) is 5.56 Å². The lowest BCUT2D eigenvalue weighted by Crippen LogP contribution is -2.48. The average Bonchev–Trinajstić information content (AvgIpc) is 2.67. The Balaban J connectivity index is 2.53. The Bertz CT molecular complexity index is 373.